The molecular formula is C17H20N2O. The molecule has 1 fully saturated rings. The zero-order valence-electron chi connectivity index (χ0n) is 11.5. The van der Waals surface area contributed by atoms with E-state index in [1.165, 1.54) is 24.0 Å². The molecule has 3 nitrogen and oxygen atoms in total. The minimum atomic E-state index is 0.0677. The average molecular weight is 268 g/mol. The van der Waals surface area contributed by atoms with Crippen molar-refractivity contribution in [2.45, 2.75) is 37.8 Å². The lowest BCUT2D eigenvalue weighted by atomic mass is 10.0. The number of aromatic nitrogens is 1. The van der Waals surface area contributed by atoms with Crippen LogP contribution in [0.15, 0.2) is 48.8 Å². The van der Waals surface area contributed by atoms with Crippen LogP contribution in [-0.4, -0.2) is 11.1 Å². The molecular weight excluding hydrogens is 248 g/mol. The summed E-state index contributed by atoms with van der Waals surface area (Å²) in [5.74, 6) is 0.956. The second-order valence-electron chi connectivity index (χ2n) is 5.39. The Kier molecular flexibility index (Phi) is 3.97. The SMILES string of the molecule is NC(CCc1ccncc1)c1ccc(OC2CC2)cc1. The van der Waals surface area contributed by atoms with Crippen LogP contribution in [0.1, 0.15) is 36.4 Å². The monoisotopic (exact) mass is 268 g/mol. The van der Waals surface area contributed by atoms with Crippen LogP contribution in [0.25, 0.3) is 0 Å². The Morgan fingerprint density at radius 1 is 1.10 bits per heavy atom. The lowest BCUT2D eigenvalue weighted by molar-refractivity contribution is 0.303. The number of hydrogen-bond acceptors (Lipinski definition) is 3. The molecule has 0 spiro atoms. The first kappa shape index (κ1) is 13.1. The van der Waals surface area contributed by atoms with Crippen molar-refractivity contribution in [3.8, 4) is 5.75 Å². The van der Waals surface area contributed by atoms with Gasteiger partial charge in [0.2, 0.25) is 0 Å². The molecule has 1 heterocycles. The van der Waals surface area contributed by atoms with E-state index in [-0.39, 0.29) is 6.04 Å². The zero-order chi connectivity index (χ0) is 13.8. The minimum Gasteiger partial charge on any atom is -0.490 e. The molecule has 0 aliphatic heterocycles. The van der Waals surface area contributed by atoms with Gasteiger partial charge in [-0.1, -0.05) is 12.1 Å². The van der Waals surface area contributed by atoms with Crippen LogP contribution in [0.4, 0.5) is 0 Å². The number of rotatable bonds is 6. The first-order valence-corrected chi connectivity index (χ1v) is 7.22. The smallest absolute Gasteiger partial charge is 0.119 e. The van der Waals surface area contributed by atoms with E-state index in [1.54, 1.807) is 0 Å². The van der Waals surface area contributed by atoms with Crippen molar-refractivity contribution < 1.29 is 4.74 Å². The summed E-state index contributed by atoms with van der Waals surface area (Å²) in [5.41, 5.74) is 8.70. The van der Waals surface area contributed by atoms with Gasteiger partial charge in [0.1, 0.15) is 5.75 Å². The number of hydrogen-bond donors (Lipinski definition) is 1. The van der Waals surface area contributed by atoms with Crippen molar-refractivity contribution in [2.75, 3.05) is 0 Å². The second kappa shape index (κ2) is 6.06. The van der Waals surface area contributed by atoms with E-state index >= 15 is 0 Å². The lowest BCUT2D eigenvalue weighted by Crippen LogP contribution is -2.11. The van der Waals surface area contributed by atoms with E-state index in [2.05, 4.69) is 17.1 Å². The highest BCUT2D eigenvalue weighted by atomic mass is 16.5. The largest absolute Gasteiger partial charge is 0.490 e. The van der Waals surface area contributed by atoms with Gasteiger partial charge in [0.15, 0.2) is 0 Å². The highest BCUT2D eigenvalue weighted by Gasteiger charge is 2.23. The van der Waals surface area contributed by atoms with Gasteiger partial charge in [0, 0.05) is 18.4 Å². The summed E-state index contributed by atoms with van der Waals surface area (Å²) in [5, 5.41) is 0. The molecule has 2 N–H and O–H groups in total. The Labute approximate surface area is 119 Å². The summed E-state index contributed by atoms with van der Waals surface area (Å²) in [6.45, 7) is 0. The van der Waals surface area contributed by atoms with Gasteiger partial charge in [0.05, 0.1) is 6.10 Å². The fraction of sp³-hybridized carbons (Fsp3) is 0.353. The fourth-order valence-electron chi connectivity index (χ4n) is 2.21. The van der Waals surface area contributed by atoms with Crippen molar-refractivity contribution in [1.29, 1.82) is 0 Å². The third-order valence-electron chi connectivity index (χ3n) is 3.63. The number of nitrogens with two attached hydrogens (primary N) is 1. The van der Waals surface area contributed by atoms with E-state index in [4.69, 9.17) is 10.5 Å². The van der Waals surface area contributed by atoms with Gasteiger partial charge >= 0.3 is 0 Å². The predicted octanol–water partition coefficient (Wildman–Crippen LogP) is 3.26. The van der Waals surface area contributed by atoms with Gasteiger partial charge in [-0.3, -0.25) is 4.98 Å². The quantitative estimate of drug-likeness (QED) is 0.874. The van der Waals surface area contributed by atoms with E-state index in [0.717, 1.165) is 18.6 Å². The minimum absolute atomic E-state index is 0.0677. The molecule has 0 bridgehead atoms. The van der Waals surface area contributed by atoms with Gasteiger partial charge in [-0.15, -0.1) is 0 Å². The van der Waals surface area contributed by atoms with E-state index < -0.39 is 0 Å². The summed E-state index contributed by atoms with van der Waals surface area (Å²) in [6, 6.07) is 12.4. The molecule has 3 heteroatoms. The molecule has 1 saturated carbocycles. The number of nitrogens with zero attached hydrogens (tertiary/aromatic N) is 1. The lowest BCUT2D eigenvalue weighted by Gasteiger charge is -2.13. The average Bonchev–Trinajstić information content (AvgIpc) is 3.31. The molecule has 3 rings (SSSR count). The van der Waals surface area contributed by atoms with Crippen molar-refractivity contribution in [1.82, 2.24) is 4.98 Å². The van der Waals surface area contributed by atoms with E-state index in [0.29, 0.717) is 6.10 Å². The summed E-state index contributed by atoms with van der Waals surface area (Å²) in [6.07, 6.45) is 8.38. The van der Waals surface area contributed by atoms with Crippen molar-refractivity contribution in [3.05, 3.63) is 59.9 Å². The van der Waals surface area contributed by atoms with Gasteiger partial charge in [0.25, 0.3) is 0 Å². The molecule has 20 heavy (non-hydrogen) atoms. The van der Waals surface area contributed by atoms with E-state index in [9.17, 15) is 0 Å². The maximum Gasteiger partial charge on any atom is 0.119 e. The Bertz CT molecular complexity index is 535. The highest BCUT2D eigenvalue weighted by Crippen LogP contribution is 2.27. The molecule has 0 saturated heterocycles. The third-order valence-corrected chi connectivity index (χ3v) is 3.63. The zero-order valence-corrected chi connectivity index (χ0v) is 11.5. The molecule has 0 radical (unpaired) electrons. The Balaban J connectivity index is 1.54. The van der Waals surface area contributed by atoms with Crippen LogP contribution in [0, 0.1) is 0 Å². The van der Waals surface area contributed by atoms with Crippen LogP contribution < -0.4 is 10.5 Å². The molecule has 1 aliphatic rings. The molecule has 1 atom stereocenters. The maximum atomic E-state index is 6.25. The van der Waals surface area contributed by atoms with Crippen molar-refractivity contribution in [3.63, 3.8) is 0 Å². The molecule has 104 valence electrons. The Hall–Kier alpha value is -1.87. The summed E-state index contributed by atoms with van der Waals surface area (Å²) < 4.78 is 5.74. The molecule has 1 aliphatic carbocycles. The van der Waals surface area contributed by atoms with Crippen LogP contribution in [0.2, 0.25) is 0 Å². The number of aryl methyl sites for hydroxylation is 1. The summed E-state index contributed by atoms with van der Waals surface area (Å²) in [7, 11) is 0. The van der Waals surface area contributed by atoms with Crippen molar-refractivity contribution >= 4 is 0 Å². The second-order valence-corrected chi connectivity index (χ2v) is 5.39. The molecule has 0 amide bonds. The molecule has 2 aromatic rings. The molecule has 1 aromatic carbocycles. The highest BCUT2D eigenvalue weighted by molar-refractivity contribution is 5.29. The van der Waals surface area contributed by atoms with Crippen LogP contribution in [0.3, 0.4) is 0 Å². The normalized spacial score (nSPS) is 15.8. The Morgan fingerprint density at radius 2 is 1.80 bits per heavy atom. The van der Waals surface area contributed by atoms with Gasteiger partial charge in [-0.2, -0.15) is 0 Å². The molecule has 1 aromatic heterocycles. The molecule has 1 unspecified atom stereocenters. The number of ether oxygens (including phenoxy) is 1. The number of pyridine rings is 1. The Morgan fingerprint density at radius 3 is 2.45 bits per heavy atom. The first-order chi connectivity index (χ1) is 9.81. The van der Waals surface area contributed by atoms with Gasteiger partial charge in [-0.05, 0) is 61.1 Å². The predicted molar refractivity (Wildman–Crippen MR) is 79.6 cm³/mol. The topological polar surface area (TPSA) is 48.1 Å². The van der Waals surface area contributed by atoms with Crippen LogP contribution in [-0.2, 0) is 6.42 Å². The van der Waals surface area contributed by atoms with E-state index in [1.807, 2.05) is 36.7 Å². The standard InChI is InChI=1S/C17H20N2O/c18-17(8-1-13-9-11-19-12-10-13)14-2-4-15(5-3-14)20-16-6-7-16/h2-5,9-12,16-17H,1,6-8,18H2. The maximum absolute atomic E-state index is 6.25. The summed E-state index contributed by atoms with van der Waals surface area (Å²) in [4.78, 5) is 4.02. The van der Waals surface area contributed by atoms with Crippen LogP contribution in [0.5, 0.6) is 5.75 Å². The van der Waals surface area contributed by atoms with Crippen LogP contribution >= 0.6 is 0 Å². The van der Waals surface area contributed by atoms with Gasteiger partial charge in [-0.25, -0.2) is 0 Å². The summed E-state index contributed by atoms with van der Waals surface area (Å²) >= 11 is 0. The number of benzene rings is 1. The third kappa shape index (κ3) is 3.58. The fourth-order valence-corrected chi connectivity index (χ4v) is 2.21. The van der Waals surface area contributed by atoms with Gasteiger partial charge < -0.3 is 10.5 Å². The first-order valence-electron chi connectivity index (χ1n) is 7.22. The van der Waals surface area contributed by atoms with Crippen molar-refractivity contribution in [2.24, 2.45) is 5.73 Å².